The van der Waals surface area contributed by atoms with Crippen LogP contribution in [-0.2, 0) is 10.0 Å². The molecule has 138 valence electrons. The Labute approximate surface area is 159 Å². The molecule has 0 aliphatic carbocycles. The van der Waals surface area contributed by atoms with E-state index in [2.05, 4.69) is 0 Å². The fourth-order valence-corrected chi connectivity index (χ4v) is 4.41. The molecule has 0 saturated heterocycles. The Morgan fingerprint density at radius 2 is 1.26 bits per heavy atom. The molecule has 0 aliphatic rings. The second-order valence-corrected chi connectivity index (χ2v) is 7.99. The van der Waals surface area contributed by atoms with Gasteiger partial charge >= 0.3 is 6.03 Å². The summed E-state index contributed by atoms with van der Waals surface area (Å²) in [6.07, 6.45) is 0. The average Bonchev–Trinajstić information content (AvgIpc) is 2.67. The first-order chi connectivity index (χ1) is 12.9. The highest BCUT2D eigenvalue weighted by Gasteiger charge is 2.36. The molecule has 0 fully saturated rings. The lowest BCUT2D eigenvalue weighted by Gasteiger charge is -2.30. The van der Waals surface area contributed by atoms with Crippen molar-refractivity contribution in [2.75, 3.05) is 0 Å². The lowest BCUT2D eigenvalue weighted by molar-refractivity contribution is 0.226. The van der Waals surface area contributed by atoms with Gasteiger partial charge in [-0.2, -0.15) is 0 Å². The zero-order chi connectivity index (χ0) is 19.4. The zero-order valence-electron chi connectivity index (χ0n) is 14.8. The van der Waals surface area contributed by atoms with Crippen molar-refractivity contribution < 1.29 is 13.2 Å². The molecular weight excluding hydrogens is 360 g/mol. The predicted molar refractivity (Wildman–Crippen MR) is 105 cm³/mol. The van der Waals surface area contributed by atoms with E-state index in [9.17, 15) is 13.2 Å². The molecule has 0 unspecified atom stereocenters. The van der Waals surface area contributed by atoms with E-state index >= 15 is 0 Å². The number of nitrogens with zero attached hydrogens (tertiary/aromatic N) is 1. The second kappa shape index (κ2) is 7.63. The van der Waals surface area contributed by atoms with Crippen LogP contribution in [-0.4, -0.2) is 18.8 Å². The van der Waals surface area contributed by atoms with Gasteiger partial charge in [-0.1, -0.05) is 78.4 Å². The molecule has 2 amide bonds. The number of urea groups is 1. The van der Waals surface area contributed by atoms with Gasteiger partial charge in [0.1, 0.15) is 6.04 Å². The lowest BCUT2D eigenvalue weighted by Crippen LogP contribution is -2.43. The highest BCUT2D eigenvalue weighted by atomic mass is 32.2. The quantitative estimate of drug-likeness (QED) is 0.730. The van der Waals surface area contributed by atoms with E-state index in [0.717, 1.165) is 9.87 Å². The van der Waals surface area contributed by atoms with Crippen LogP contribution in [0.3, 0.4) is 0 Å². The van der Waals surface area contributed by atoms with Crippen molar-refractivity contribution >= 4 is 16.1 Å². The molecule has 0 bridgehead atoms. The average molecular weight is 380 g/mol. The van der Waals surface area contributed by atoms with Crippen LogP contribution in [0.4, 0.5) is 4.79 Å². The molecule has 6 heteroatoms. The van der Waals surface area contributed by atoms with Gasteiger partial charge in [-0.25, -0.2) is 17.5 Å². The van der Waals surface area contributed by atoms with Gasteiger partial charge < -0.3 is 5.73 Å². The van der Waals surface area contributed by atoms with E-state index in [1.807, 2.05) is 19.1 Å². The number of nitrogens with two attached hydrogens (primary N) is 1. The highest BCUT2D eigenvalue weighted by molar-refractivity contribution is 7.89. The van der Waals surface area contributed by atoms with Crippen LogP contribution < -0.4 is 5.73 Å². The fourth-order valence-electron chi connectivity index (χ4n) is 2.94. The van der Waals surface area contributed by atoms with Crippen LogP contribution in [0, 0.1) is 6.92 Å². The number of amides is 2. The maximum Gasteiger partial charge on any atom is 0.329 e. The molecule has 0 spiro atoms. The van der Waals surface area contributed by atoms with Crippen molar-refractivity contribution in [2.45, 2.75) is 17.9 Å². The van der Waals surface area contributed by atoms with E-state index in [4.69, 9.17) is 5.73 Å². The van der Waals surface area contributed by atoms with Crippen LogP contribution in [0.2, 0.25) is 0 Å². The maximum absolute atomic E-state index is 13.3. The van der Waals surface area contributed by atoms with Crippen molar-refractivity contribution in [2.24, 2.45) is 5.73 Å². The summed E-state index contributed by atoms with van der Waals surface area (Å²) in [4.78, 5) is 12.4. The van der Waals surface area contributed by atoms with E-state index in [1.54, 1.807) is 60.7 Å². The summed E-state index contributed by atoms with van der Waals surface area (Å²) in [5.74, 6) is 0. The number of benzene rings is 3. The summed E-state index contributed by atoms with van der Waals surface area (Å²) in [6.45, 7) is 1.86. The first kappa shape index (κ1) is 18.7. The van der Waals surface area contributed by atoms with Crippen molar-refractivity contribution in [1.29, 1.82) is 0 Å². The van der Waals surface area contributed by atoms with Gasteiger partial charge in [-0.3, -0.25) is 0 Å². The van der Waals surface area contributed by atoms with Gasteiger partial charge in [0, 0.05) is 0 Å². The Balaban J connectivity index is 2.20. The SMILES string of the molecule is Cc1ccc(S(=O)(=O)N(C(N)=O)C(c2ccccc2)c2ccccc2)cc1. The second-order valence-electron chi connectivity index (χ2n) is 6.18. The minimum atomic E-state index is -4.15. The Hall–Kier alpha value is -3.12. The molecule has 0 aliphatic heterocycles. The highest BCUT2D eigenvalue weighted by Crippen LogP contribution is 2.33. The topological polar surface area (TPSA) is 80.5 Å². The summed E-state index contributed by atoms with van der Waals surface area (Å²) < 4.78 is 27.3. The monoisotopic (exact) mass is 380 g/mol. The molecule has 0 saturated carbocycles. The van der Waals surface area contributed by atoms with Gasteiger partial charge in [0.25, 0.3) is 10.0 Å². The summed E-state index contributed by atoms with van der Waals surface area (Å²) in [5.41, 5.74) is 7.79. The van der Waals surface area contributed by atoms with E-state index in [0.29, 0.717) is 11.1 Å². The molecule has 0 radical (unpaired) electrons. The first-order valence-electron chi connectivity index (χ1n) is 8.41. The van der Waals surface area contributed by atoms with Crippen LogP contribution in [0.25, 0.3) is 0 Å². The summed E-state index contributed by atoms with van der Waals surface area (Å²) in [7, 11) is -4.15. The van der Waals surface area contributed by atoms with Gasteiger partial charge in [0.15, 0.2) is 0 Å². The van der Waals surface area contributed by atoms with Crippen molar-refractivity contribution in [3.8, 4) is 0 Å². The number of sulfonamides is 1. The predicted octanol–water partition coefficient (Wildman–Crippen LogP) is 3.85. The maximum atomic E-state index is 13.3. The van der Waals surface area contributed by atoms with Crippen LogP contribution in [0.5, 0.6) is 0 Å². The Bertz CT molecular complexity index is 979. The molecule has 3 aromatic carbocycles. The Morgan fingerprint density at radius 1 is 0.815 bits per heavy atom. The van der Waals surface area contributed by atoms with Crippen molar-refractivity contribution in [1.82, 2.24) is 4.31 Å². The third-order valence-electron chi connectivity index (χ3n) is 4.26. The molecule has 5 nitrogen and oxygen atoms in total. The van der Waals surface area contributed by atoms with Crippen LogP contribution >= 0.6 is 0 Å². The smallest absolute Gasteiger partial charge is 0.329 e. The Morgan fingerprint density at radius 3 is 1.67 bits per heavy atom. The van der Waals surface area contributed by atoms with Crippen LogP contribution in [0.15, 0.2) is 89.8 Å². The minimum absolute atomic E-state index is 0.0174. The fraction of sp³-hybridized carbons (Fsp3) is 0.0952. The van der Waals surface area contributed by atoms with E-state index < -0.39 is 22.1 Å². The van der Waals surface area contributed by atoms with Gasteiger partial charge in [0.2, 0.25) is 0 Å². The normalized spacial score (nSPS) is 11.3. The number of hydrogen-bond donors (Lipinski definition) is 1. The minimum Gasteiger partial charge on any atom is -0.351 e. The number of primary amides is 1. The molecule has 0 atom stereocenters. The number of rotatable bonds is 5. The molecule has 0 heterocycles. The standard InChI is InChI=1S/C21H20N2O3S/c1-16-12-14-19(15-13-16)27(25,26)23(21(22)24)20(17-8-4-2-5-9-17)18-10-6-3-7-11-18/h2-15,20H,1H3,(H2,22,24). The molecule has 3 rings (SSSR count). The summed E-state index contributed by atoms with van der Waals surface area (Å²) >= 11 is 0. The number of carbonyl (C=O) groups excluding carboxylic acids is 1. The van der Waals surface area contributed by atoms with E-state index in [1.165, 1.54) is 12.1 Å². The number of carbonyl (C=O) groups is 1. The van der Waals surface area contributed by atoms with E-state index in [-0.39, 0.29) is 4.90 Å². The number of hydrogen-bond acceptors (Lipinski definition) is 3. The molecular formula is C21H20N2O3S. The van der Waals surface area contributed by atoms with Crippen LogP contribution in [0.1, 0.15) is 22.7 Å². The molecule has 27 heavy (non-hydrogen) atoms. The molecule has 3 aromatic rings. The van der Waals surface area contributed by atoms with Crippen molar-refractivity contribution in [3.05, 3.63) is 102 Å². The zero-order valence-corrected chi connectivity index (χ0v) is 15.6. The third kappa shape index (κ3) is 3.85. The molecule has 2 N–H and O–H groups in total. The lowest BCUT2D eigenvalue weighted by atomic mass is 9.99. The summed E-state index contributed by atoms with van der Waals surface area (Å²) in [6, 6.07) is 22.4. The van der Waals surface area contributed by atoms with Gasteiger partial charge in [0.05, 0.1) is 4.90 Å². The third-order valence-corrected chi connectivity index (χ3v) is 6.04. The Kier molecular flexibility index (Phi) is 5.28. The summed E-state index contributed by atoms with van der Waals surface area (Å²) in [5, 5.41) is 0. The number of aryl methyl sites for hydroxylation is 1. The first-order valence-corrected chi connectivity index (χ1v) is 9.85. The van der Waals surface area contributed by atoms with Gasteiger partial charge in [-0.05, 0) is 30.2 Å². The van der Waals surface area contributed by atoms with Gasteiger partial charge in [-0.15, -0.1) is 0 Å². The molecule has 0 aromatic heterocycles. The van der Waals surface area contributed by atoms with Crippen molar-refractivity contribution in [3.63, 3.8) is 0 Å². The largest absolute Gasteiger partial charge is 0.351 e.